The Hall–Kier alpha value is -1.32. The topological polar surface area (TPSA) is 29.5 Å². The van der Waals surface area contributed by atoms with Crippen molar-refractivity contribution in [2.45, 2.75) is 32.3 Å². The molecule has 0 amide bonds. The highest BCUT2D eigenvalue weighted by atomic mass is 79.9. The monoisotopic (exact) mass is 348 g/mol. The molecule has 0 bridgehead atoms. The van der Waals surface area contributed by atoms with Crippen molar-refractivity contribution in [3.05, 3.63) is 64.1 Å². The molecule has 112 valence electrons. The van der Waals surface area contributed by atoms with Crippen LogP contribution in [0.5, 0.6) is 5.75 Å². The highest BCUT2D eigenvalue weighted by molar-refractivity contribution is 9.10. The van der Waals surface area contributed by atoms with Crippen LogP contribution in [0, 0.1) is 0 Å². The maximum atomic E-state index is 10.3. The fourth-order valence-electron chi connectivity index (χ4n) is 2.13. The van der Waals surface area contributed by atoms with Crippen molar-refractivity contribution in [1.82, 2.24) is 0 Å². The van der Waals surface area contributed by atoms with E-state index < -0.39 is 6.10 Å². The van der Waals surface area contributed by atoms with E-state index in [2.05, 4.69) is 22.9 Å². The van der Waals surface area contributed by atoms with E-state index in [9.17, 15) is 5.11 Å². The Morgan fingerprint density at radius 1 is 1.14 bits per heavy atom. The molecule has 3 heteroatoms. The molecule has 0 fully saturated rings. The average Bonchev–Trinajstić information content (AvgIpc) is 2.48. The summed E-state index contributed by atoms with van der Waals surface area (Å²) in [6.07, 6.45) is 2.30. The minimum atomic E-state index is -0.496. The average molecular weight is 349 g/mol. The first-order valence-corrected chi connectivity index (χ1v) is 8.13. The van der Waals surface area contributed by atoms with E-state index in [1.54, 1.807) is 0 Å². The number of aliphatic hydroxyl groups excluding tert-OH is 1. The molecule has 0 aliphatic rings. The van der Waals surface area contributed by atoms with Crippen LogP contribution in [0.3, 0.4) is 0 Å². The number of hydrogen-bond donors (Lipinski definition) is 1. The van der Waals surface area contributed by atoms with Crippen LogP contribution >= 0.6 is 15.9 Å². The van der Waals surface area contributed by atoms with Crippen molar-refractivity contribution in [2.24, 2.45) is 0 Å². The molecular formula is C18H21BrO2. The van der Waals surface area contributed by atoms with E-state index in [-0.39, 0.29) is 0 Å². The summed E-state index contributed by atoms with van der Waals surface area (Å²) in [5, 5.41) is 10.3. The molecule has 2 aromatic carbocycles. The molecule has 0 aromatic heterocycles. The van der Waals surface area contributed by atoms with Gasteiger partial charge in [0.2, 0.25) is 0 Å². The Morgan fingerprint density at radius 2 is 1.90 bits per heavy atom. The summed E-state index contributed by atoms with van der Waals surface area (Å²) in [6, 6.07) is 15.7. The van der Waals surface area contributed by atoms with Crippen LogP contribution in [-0.2, 0) is 6.42 Å². The van der Waals surface area contributed by atoms with Gasteiger partial charge in [-0.15, -0.1) is 0 Å². The number of ether oxygens (including phenoxy) is 1. The van der Waals surface area contributed by atoms with Crippen LogP contribution in [0.2, 0.25) is 0 Å². The summed E-state index contributed by atoms with van der Waals surface area (Å²) in [5.41, 5.74) is 2.03. The lowest BCUT2D eigenvalue weighted by Gasteiger charge is -2.12. The van der Waals surface area contributed by atoms with Crippen molar-refractivity contribution in [3.63, 3.8) is 0 Å². The molecule has 1 N–H and O–H groups in total. The second kappa shape index (κ2) is 8.20. The Labute approximate surface area is 134 Å². The van der Waals surface area contributed by atoms with Gasteiger partial charge in [0.1, 0.15) is 5.75 Å². The summed E-state index contributed by atoms with van der Waals surface area (Å²) in [7, 11) is 0. The molecule has 1 atom stereocenters. The van der Waals surface area contributed by atoms with Crippen LogP contribution in [0.1, 0.15) is 37.0 Å². The Balaban J connectivity index is 1.94. The summed E-state index contributed by atoms with van der Waals surface area (Å²) in [5.74, 6) is 0.863. The number of benzene rings is 2. The van der Waals surface area contributed by atoms with Gasteiger partial charge in [-0.2, -0.15) is 0 Å². The van der Waals surface area contributed by atoms with Gasteiger partial charge in [0.15, 0.2) is 0 Å². The summed E-state index contributed by atoms with van der Waals surface area (Å²) in [4.78, 5) is 0. The zero-order valence-electron chi connectivity index (χ0n) is 12.3. The molecule has 2 nitrogen and oxygen atoms in total. The van der Waals surface area contributed by atoms with Gasteiger partial charge in [0, 0.05) is 10.9 Å². The van der Waals surface area contributed by atoms with Crippen LogP contribution in [0.15, 0.2) is 53.0 Å². The minimum absolute atomic E-state index is 0.496. The quantitative estimate of drug-likeness (QED) is 0.720. The maximum Gasteiger partial charge on any atom is 0.119 e. The third-order valence-corrected chi connectivity index (χ3v) is 3.84. The number of rotatable bonds is 7. The van der Waals surface area contributed by atoms with Crippen molar-refractivity contribution in [2.75, 3.05) is 6.61 Å². The van der Waals surface area contributed by atoms with Gasteiger partial charge in [0.25, 0.3) is 0 Å². The lowest BCUT2D eigenvalue weighted by atomic mass is 10.0. The predicted octanol–water partition coefficient (Wildman–Crippen LogP) is 4.90. The first kappa shape index (κ1) is 16.1. The highest BCUT2D eigenvalue weighted by Gasteiger charge is 2.09. The Kier molecular flexibility index (Phi) is 6.27. The molecule has 0 aliphatic heterocycles. The van der Waals surface area contributed by atoms with Gasteiger partial charge in [-0.25, -0.2) is 0 Å². The molecule has 0 saturated heterocycles. The van der Waals surface area contributed by atoms with Gasteiger partial charge in [-0.3, -0.25) is 0 Å². The molecule has 0 radical (unpaired) electrons. The molecule has 0 aliphatic carbocycles. The van der Waals surface area contributed by atoms with Crippen LogP contribution in [0.25, 0.3) is 0 Å². The second-order valence-corrected chi connectivity index (χ2v) is 6.04. The molecule has 0 heterocycles. The van der Waals surface area contributed by atoms with Gasteiger partial charge in [0.05, 0.1) is 12.7 Å². The van der Waals surface area contributed by atoms with Crippen molar-refractivity contribution in [3.8, 4) is 5.75 Å². The SMILES string of the molecule is CCCCOc1ccc(C(O)Cc2cccc(Br)c2)cc1. The molecule has 0 saturated carbocycles. The van der Waals surface area contributed by atoms with E-state index in [0.717, 1.165) is 40.8 Å². The lowest BCUT2D eigenvalue weighted by molar-refractivity contribution is 0.178. The van der Waals surface area contributed by atoms with Crippen LogP contribution in [-0.4, -0.2) is 11.7 Å². The van der Waals surface area contributed by atoms with E-state index in [0.29, 0.717) is 6.42 Å². The first-order chi connectivity index (χ1) is 10.2. The van der Waals surface area contributed by atoms with Crippen LogP contribution < -0.4 is 4.74 Å². The molecule has 1 unspecified atom stereocenters. The second-order valence-electron chi connectivity index (χ2n) is 5.12. The highest BCUT2D eigenvalue weighted by Crippen LogP contribution is 2.22. The number of aliphatic hydroxyl groups is 1. The standard InChI is InChI=1S/C18H21BrO2/c1-2-3-11-21-17-9-7-15(8-10-17)18(20)13-14-5-4-6-16(19)12-14/h4-10,12,18,20H,2-3,11,13H2,1H3. The smallest absolute Gasteiger partial charge is 0.119 e. The van der Waals surface area contributed by atoms with Crippen molar-refractivity contribution >= 4 is 15.9 Å². The lowest BCUT2D eigenvalue weighted by Crippen LogP contribution is -2.02. The number of unbranched alkanes of at least 4 members (excludes halogenated alkanes) is 1. The van der Waals surface area contributed by atoms with E-state index in [1.807, 2.05) is 48.5 Å². The molecule has 2 aromatic rings. The number of halogens is 1. The summed E-state index contributed by atoms with van der Waals surface area (Å²) >= 11 is 3.45. The summed E-state index contributed by atoms with van der Waals surface area (Å²) in [6.45, 7) is 2.89. The predicted molar refractivity (Wildman–Crippen MR) is 89.7 cm³/mol. The zero-order valence-corrected chi connectivity index (χ0v) is 13.8. The van der Waals surface area contributed by atoms with Gasteiger partial charge < -0.3 is 9.84 Å². The van der Waals surface area contributed by atoms with E-state index in [4.69, 9.17) is 4.74 Å². The largest absolute Gasteiger partial charge is 0.494 e. The fraction of sp³-hybridized carbons (Fsp3) is 0.333. The van der Waals surface area contributed by atoms with Crippen molar-refractivity contribution in [1.29, 1.82) is 0 Å². The van der Waals surface area contributed by atoms with Gasteiger partial charge in [-0.1, -0.05) is 53.5 Å². The van der Waals surface area contributed by atoms with Gasteiger partial charge >= 0.3 is 0 Å². The van der Waals surface area contributed by atoms with Crippen LogP contribution in [0.4, 0.5) is 0 Å². The van der Waals surface area contributed by atoms with Crippen molar-refractivity contribution < 1.29 is 9.84 Å². The zero-order chi connectivity index (χ0) is 15.1. The minimum Gasteiger partial charge on any atom is -0.494 e. The fourth-order valence-corrected chi connectivity index (χ4v) is 2.57. The summed E-state index contributed by atoms with van der Waals surface area (Å²) < 4.78 is 6.66. The Morgan fingerprint density at radius 3 is 2.57 bits per heavy atom. The molecule has 2 rings (SSSR count). The molecule has 21 heavy (non-hydrogen) atoms. The normalized spacial score (nSPS) is 12.1. The van der Waals surface area contributed by atoms with Gasteiger partial charge in [-0.05, 0) is 41.8 Å². The van der Waals surface area contributed by atoms with E-state index in [1.165, 1.54) is 0 Å². The Bertz CT molecular complexity index is 551. The third kappa shape index (κ3) is 5.18. The van der Waals surface area contributed by atoms with E-state index >= 15 is 0 Å². The molecule has 0 spiro atoms. The maximum absolute atomic E-state index is 10.3. The number of hydrogen-bond acceptors (Lipinski definition) is 2. The molecular weight excluding hydrogens is 328 g/mol. The first-order valence-electron chi connectivity index (χ1n) is 7.34. The third-order valence-electron chi connectivity index (χ3n) is 3.35.